The van der Waals surface area contributed by atoms with Gasteiger partial charge < -0.3 is 19.6 Å². The van der Waals surface area contributed by atoms with Crippen molar-refractivity contribution in [1.82, 2.24) is 0 Å². The van der Waals surface area contributed by atoms with Gasteiger partial charge in [0.1, 0.15) is 23.9 Å². The highest BCUT2D eigenvalue weighted by atomic mass is 35.5. The number of nitrogens with one attached hydrogen (secondary N) is 1. The third-order valence-electron chi connectivity index (χ3n) is 3.66. The molecular weight excluding hydrogens is 342 g/mol. The third kappa shape index (κ3) is 3.68. The van der Waals surface area contributed by atoms with Crippen LogP contribution in [0.5, 0.6) is 5.75 Å². The van der Waals surface area contributed by atoms with Crippen molar-refractivity contribution >= 4 is 23.2 Å². The number of methoxy groups -OCH3 is 1. The molecular formula is C19H16ClNO4. The van der Waals surface area contributed by atoms with E-state index < -0.39 is 0 Å². The number of hydrogen-bond donors (Lipinski definition) is 2. The minimum atomic E-state index is -0.308. The van der Waals surface area contributed by atoms with Crippen molar-refractivity contribution in [2.24, 2.45) is 0 Å². The molecule has 3 rings (SSSR count). The Labute approximate surface area is 149 Å². The summed E-state index contributed by atoms with van der Waals surface area (Å²) in [6.07, 6.45) is 0. The number of rotatable bonds is 5. The SMILES string of the molecule is COc1ccc(NC(=O)c2ccccc2Cl)cc1-c1ccc(CO)o1. The van der Waals surface area contributed by atoms with Gasteiger partial charge in [0.2, 0.25) is 0 Å². The minimum absolute atomic E-state index is 0.189. The van der Waals surface area contributed by atoms with Crippen molar-refractivity contribution in [3.63, 3.8) is 0 Å². The van der Waals surface area contributed by atoms with Crippen LogP contribution in [0.15, 0.2) is 59.0 Å². The van der Waals surface area contributed by atoms with E-state index in [1.807, 2.05) is 0 Å². The van der Waals surface area contributed by atoms with Crippen LogP contribution in [-0.4, -0.2) is 18.1 Å². The zero-order valence-electron chi connectivity index (χ0n) is 13.5. The molecule has 5 nitrogen and oxygen atoms in total. The molecule has 0 spiro atoms. The molecule has 2 N–H and O–H groups in total. The molecule has 0 aliphatic carbocycles. The average Bonchev–Trinajstić information content (AvgIpc) is 3.11. The summed E-state index contributed by atoms with van der Waals surface area (Å²) in [5.74, 6) is 1.27. The van der Waals surface area contributed by atoms with Gasteiger partial charge in [0.05, 0.1) is 23.3 Å². The maximum Gasteiger partial charge on any atom is 0.257 e. The molecule has 0 fully saturated rings. The summed E-state index contributed by atoms with van der Waals surface area (Å²) in [7, 11) is 1.55. The Morgan fingerprint density at radius 3 is 2.68 bits per heavy atom. The number of aliphatic hydroxyl groups is 1. The standard InChI is InChI=1S/C19H16ClNO4/c1-24-17-8-6-12(10-15(17)18-9-7-13(11-22)25-18)21-19(23)14-4-2-3-5-16(14)20/h2-10,22H,11H2,1H3,(H,21,23). The first-order valence-electron chi connectivity index (χ1n) is 7.56. The lowest BCUT2D eigenvalue weighted by Gasteiger charge is -2.11. The second kappa shape index (κ2) is 7.42. The minimum Gasteiger partial charge on any atom is -0.496 e. The molecule has 0 atom stereocenters. The highest BCUT2D eigenvalue weighted by Crippen LogP contribution is 2.34. The quantitative estimate of drug-likeness (QED) is 0.712. The highest BCUT2D eigenvalue weighted by Gasteiger charge is 2.14. The van der Waals surface area contributed by atoms with Crippen LogP contribution in [-0.2, 0) is 6.61 Å². The Kier molecular flexibility index (Phi) is 5.07. The van der Waals surface area contributed by atoms with Crippen molar-refractivity contribution in [2.45, 2.75) is 6.61 Å². The highest BCUT2D eigenvalue weighted by molar-refractivity contribution is 6.34. The molecule has 0 aliphatic heterocycles. The summed E-state index contributed by atoms with van der Waals surface area (Å²) >= 11 is 6.06. The molecule has 25 heavy (non-hydrogen) atoms. The van der Waals surface area contributed by atoms with E-state index in [0.717, 1.165) is 0 Å². The topological polar surface area (TPSA) is 71.7 Å². The van der Waals surface area contributed by atoms with Crippen molar-refractivity contribution in [3.05, 3.63) is 70.9 Å². The lowest BCUT2D eigenvalue weighted by atomic mass is 10.1. The number of carbonyl (C=O) groups is 1. The molecule has 1 aromatic heterocycles. The first-order valence-corrected chi connectivity index (χ1v) is 7.94. The van der Waals surface area contributed by atoms with E-state index in [2.05, 4.69) is 5.32 Å². The van der Waals surface area contributed by atoms with Gasteiger partial charge in [-0.2, -0.15) is 0 Å². The maximum atomic E-state index is 12.4. The summed E-state index contributed by atoms with van der Waals surface area (Å²) in [5, 5.41) is 12.3. The fraction of sp³-hybridized carbons (Fsp3) is 0.105. The normalized spacial score (nSPS) is 10.5. The van der Waals surface area contributed by atoms with Crippen molar-refractivity contribution < 1.29 is 19.1 Å². The molecule has 0 unspecified atom stereocenters. The molecule has 0 saturated heterocycles. The van der Waals surface area contributed by atoms with Crippen molar-refractivity contribution in [2.75, 3.05) is 12.4 Å². The average molecular weight is 358 g/mol. The maximum absolute atomic E-state index is 12.4. The predicted molar refractivity (Wildman–Crippen MR) is 96.0 cm³/mol. The Bertz CT molecular complexity index is 904. The van der Waals surface area contributed by atoms with Crippen LogP contribution < -0.4 is 10.1 Å². The molecule has 1 amide bonds. The number of aliphatic hydroxyl groups excluding tert-OH is 1. The zero-order valence-corrected chi connectivity index (χ0v) is 14.2. The van der Waals surface area contributed by atoms with Crippen LogP contribution >= 0.6 is 11.6 Å². The van der Waals surface area contributed by atoms with Crippen molar-refractivity contribution in [3.8, 4) is 17.1 Å². The Morgan fingerprint density at radius 1 is 1.20 bits per heavy atom. The van der Waals surface area contributed by atoms with Gasteiger partial charge >= 0.3 is 0 Å². The number of halogens is 1. The van der Waals surface area contributed by atoms with Gasteiger partial charge in [-0.05, 0) is 42.5 Å². The number of benzene rings is 2. The van der Waals surface area contributed by atoms with Crippen LogP contribution in [0, 0.1) is 0 Å². The molecule has 3 aromatic rings. The number of hydrogen-bond acceptors (Lipinski definition) is 4. The first-order chi connectivity index (χ1) is 12.1. The van der Waals surface area contributed by atoms with Gasteiger partial charge in [-0.3, -0.25) is 4.79 Å². The fourth-order valence-electron chi connectivity index (χ4n) is 2.43. The summed E-state index contributed by atoms with van der Waals surface area (Å²) in [6, 6.07) is 15.5. The third-order valence-corrected chi connectivity index (χ3v) is 3.99. The van der Waals surface area contributed by atoms with Gasteiger partial charge in [0, 0.05) is 5.69 Å². The van der Waals surface area contributed by atoms with E-state index in [1.54, 1.807) is 61.7 Å². The molecule has 0 saturated carbocycles. The van der Waals surface area contributed by atoms with E-state index in [1.165, 1.54) is 0 Å². The van der Waals surface area contributed by atoms with Gasteiger partial charge in [0.25, 0.3) is 5.91 Å². The van der Waals surface area contributed by atoms with Gasteiger partial charge in [-0.25, -0.2) is 0 Å². The molecule has 128 valence electrons. The Balaban J connectivity index is 1.91. The lowest BCUT2D eigenvalue weighted by molar-refractivity contribution is 0.102. The van der Waals surface area contributed by atoms with E-state index in [-0.39, 0.29) is 12.5 Å². The number of carbonyl (C=O) groups excluding carboxylic acids is 1. The lowest BCUT2D eigenvalue weighted by Crippen LogP contribution is -2.12. The summed E-state index contributed by atoms with van der Waals surface area (Å²) < 4.78 is 10.9. The van der Waals surface area contributed by atoms with Gasteiger partial charge in [-0.15, -0.1) is 0 Å². The van der Waals surface area contributed by atoms with E-state index in [9.17, 15) is 4.79 Å². The predicted octanol–water partition coefficient (Wildman–Crippen LogP) is 4.35. The zero-order chi connectivity index (χ0) is 17.8. The van der Waals surface area contributed by atoms with Gasteiger partial charge in [0.15, 0.2) is 0 Å². The van der Waals surface area contributed by atoms with E-state index >= 15 is 0 Å². The van der Waals surface area contributed by atoms with Crippen LogP contribution in [0.3, 0.4) is 0 Å². The smallest absolute Gasteiger partial charge is 0.257 e. The number of amides is 1. The van der Waals surface area contributed by atoms with Crippen LogP contribution in [0.1, 0.15) is 16.1 Å². The second-order valence-corrected chi connectivity index (χ2v) is 5.68. The fourth-order valence-corrected chi connectivity index (χ4v) is 2.65. The monoisotopic (exact) mass is 357 g/mol. The van der Waals surface area contributed by atoms with Crippen molar-refractivity contribution in [1.29, 1.82) is 0 Å². The Morgan fingerprint density at radius 2 is 2.00 bits per heavy atom. The second-order valence-electron chi connectivity index (χ2n) is 5.27. The molecule has 0 bridgehead atoms. The molecule has 1 heterocycles. The van der Waals surface area contributed by atoms with Crippen LogP contribution in [0.25, 0.3) is 11.3 Å². The first kappa shape index (κ1) is 17.1. The summed E-state index contributed by atoms with van der Waals surface area (Å²) in [4.78, 5) is 12.4. The number of anilines is 1. The van der Waals surface area contributed by atoms with Crippen LogP contribution in [0.4, 0.5) is 5.69 Å². The Hall–Kier alpha value is -2.76. The number of furan rings is 1. The molecule has 0 aliphatic rings. The van der Waals surface area contributed by atoms with Gasteiger partial charge in [-0.1, -0.05) is 23.7 Å². The molecule has 6 heteroatoms. The number of ether oxygens (including phenoxy) is 1. The summed E-state index contributed by atoms with van der Waals surface area (Å²) in [6.45, 7) is -0.189. The van der Waals surface area contributed by atoms with E-state index in [4.69, 9.17) is 25.9 Å². The molecule has 2 aromatic carbocycles. The van der Waals surface area contributed by atoms with Crippen LogP contribution in [0.2, 0.25) is 5.02 Å². The molecule has 0 radical (unpaired) electrons. The van der Waals surface area contributed by atoms with E-state index in [0.29, 0.717) is 39.1 Å². The summed E-state index contributed by atoms with van der Waals surface area (Å²) in [5.41, 5.74) is 1.63. The largest absolute Gasteiger partial charge is 0.496 e.